The number of ether oxygens (including phenoxy) is 9. The maximum atomic E-state index is 14.1. The van der Waals surface area contributed by atoms with Gasteiger partial charge in [0, 0.05) is 94.9 Å². The topological polar surface area (TPSA) is 332 Å². The zero-order valence-electron chi connectivity index (χ0n) is 73.3. The number of rotatable bonds is 15. The van der Waals surface area contributed by atoms with Crippen molar-refractivity contribution in [3.05, 3.63) is 215 Å². The maximum Gasteiger partial charge on any atom is 0.494 e. The summed E-state index contributed by atoms with van der Waals surface area (Å²) in [5.74, 6) is 3.15. The third kappa shape index (κ3) is 15.0. The van der Waals surface area contributed by atoms with Crippen LogP contribution in [0.4, 0.5) is 0 Å². The number of fused-ring (bicyclic) bond motifs is 12. The molecule has 5 saturated heterocycles. The minimum absolute atomic E-state index is 0.0883. The van der Waals surface area contributed by atoms with E-state index in [-0.39, 0.29) is 46.4 Å². The van der Waals surface area contributed by atoms with Crippen LogP contribution in [0.3, 0.4) is 0 Å². The first-order valence-corrected chi connectivity index (χ1v) is 42.4. The molecule has 0 aliphatic carbocycles. The Morgan fingerprint density at radius 3 is 1.10 bits per heavy atom. The molecule has 30 nitrogen and oxygen atoms in total. The quantitative estimate of drug-likeness (QED) is 0.0803. The van der Waals surface area contributed by atoms with Crippen molar-refractivity contribution in [3.63, 3.8) is 0 Å². The van der Waals surface area contributed by atoms with E-state index in [1.165, 1.54) is 0 Å². The van der Waals surface area contributed by atoms with Crippen LogP contribution in [0.5, 0.6) is 29.1 Å². The van der Waals surface area contributed by atoms with Crippen LogP contribution in [0, 0.1) is 41.5 Å². The number of nitrogens with one attached hydrogen (secondary N) is 3. The van der Waals surface area contributed by atoms with Crippen molar-refractivity contribution in [1.29, 1.82) is 0 Å². The summed E-state index contributed by atoms with van der Waals surface area (Å²) in [4.78, 5) is 74.4. The van der Waals surface area contributed by atoms with Gasteiger partial charge in [-0.25, -0.2) is 15.0 Å². The van der Waals surface area contributed by atoms with Crippen molar-refractivity contribution in [3.8, 4) is 62.5 Å². The normalized spacial score (nSPS) is 17.8. The number of pyridine rings is 7. The number of H-pyrrole nitrogens is 3. The van der Waals surface area contributed by atoms with Gasteiger partial charge in [0.15, 0.2) is 0 Å². The lowest BCUT2D eigenvalue weighted by Gasteiger charge is -2.32. The molecule has 126 heavy (non-hydrogen) atoms. The van der Waals surface area contributed by atoms with Gasteiger partial charge in [-0.05, 0) is 187 Å². The smallest absolute Gasteiger partial charge is 0.494 e. The number of benzene rings is 5. The van der Waals surface area contributed by atoms with Crippen molar-refractivity contribution in [2.75, 3.05) is 88.4 Å². The Morgan fingerprint density at radius 1 is 0.405 bits per heavy atom. The fourth-order valence-electron chi connectivity index (χ4n) is 18.5. The number of methoxy groups -OCH3 is 5. The van der Waals surface area contributed by atoms with Crippen molar-refractivity contribution >= 4 is 99.8 Å². The highest BCUT2D eigenvalue weighted by Crippen LogP contribution is 2.42. The average Bonchev–Trinajstić information content (AvgIpc) is 1.53. The third-order valence-corrected chi connectivity index (χ3v) is 25.7. The van der Waals surface area contributed by atoms with Gasteiger partial charge in [-0.15, -0.1) is 0 Å². The average molecular weight is 1700 g/mol. The van der Waals surface area contributed by atoms with E-state index in [1.54, 1.807) is 64.9 Å². The molecule has 3 N–H and O–H groups in total. The zero-order valence-corrected chi connectivity index (χ0v) is 73.3. The molecular weight excluding hydrogens is 1600 g/mol. The summed E-state index contributed by atoms with van der Waals surface area (Å²) in [5.41, 5.74) is 19.1. The molecule has 5 aliphatic rings. The molecule has 5 fully saturated rings. The number of aromatic amines is 3. The van der Waals surface area contributed by atoms with E-state index in [0.717, 1.165) is 189 Å². The number of aromatic nitrogens is 15. The van der Waals surface area contributed by atoms with Gasteiger partial charge in [-0.3, -0.25) is 37.9 Å². The molecule has 0 amide bonds. The van der Waals surface area contributed by atoms with Crippen molar-refractivity contribution in [2.45, 2.75) is 137 Å². The zero-order chi connectivity index (χ0) is 87.9. The molecule has 16 heterocycles. The first kappa shape index (κ1) is 84.0. The fraction of sp³-hybridized carbons (Fsp3) is 0.358. The molecular formula is C95H100BN15O15. The molecule has 11 aromatic heterocycles. The highest BCUT2D eigenvalue weighted by molar-refractivity contribution is 6.62. The molecule has 5 aromatic carbocycles. The van der Waals surface area contributed by atoms with Crippen LogP contribution in [0.1, 0.15) is 116 Å². The monoisotopic (exact) mass is 1700 g/mol. The molecule has 0 radical (unpaired) electrons. The van der Waals surface area contributed by atoms with Gasteiger partial charge in [0.1, 0.15) is 11.5 Å². The molecule has 648 valence electrons. The summed E-state index contributed by atoms with van der Waals surface area (Å²) in [6, 6.07) is 30.8. The van der Waals surface area contributed by atoms with E-state index in [2.05, 4.69) is 86.7 Å². The maximum absolute atomic E-state index is 14.1. The van der Waals surface area contributed by atoms with Crippen LogP contribution in [0.2, 0.25) is 0 Å². The van der Waals surface area contributed by atoms with Gasteiger partial charge in [-0.2, -0.15) is 20.4 Å². The van der Waals surface area contributed by atoms with Gasteiger partial charge in [-0.1, -0.05) is 48.5 Å². The van der Waals surface area contributed by atoms with Crippen molar-refractivity contribution in [2.24, 2.45) is 0 Å². The molecule has 0 saturated carbocycles. The Labute approximate surface area is 724 Å². The summed E-state index contributed by atoms with van der Waals surface area (Å²) < 4.78 is 71.8. The van der Waals surface area contributed by atoms with Crippen LogP contribution in [0.15, 0.2) is 154 Å². The molecule has 31 heteroatoms. The van der Waals surface area contributed by atoms with Crippen LogP contribution in [-0.2, 0) is 34.8 Å². The number of hydrogen-bond donors (Lipinski definition) is 3. The molecule has 0 bridgehead atoms. The van der Waals surface area contributed by atoms with Crippen LogP contribution in [0.25, 0.3) is 121 Å². The van der Waals surface area contributed by atoms with Gasteiger partial charge in [0.2, 0.25) is 17.6 Å². The first-order valence-electron chi connectivity index (χ1n) is 42.4. The predicted molar refractivity (Wildman–Crippen MR) is 485 cm³/mol. The lowest BCUT2D eigenvalue weighted by Crippen LogP contribution is -2.41. The highest BCUT2D eigenvalue weighted by atomic mass is 16.7. The number of hydrogen-bond acceptors (Lipinski definition) is 22. The van der Waals surface area contributed by atoms with E-state index in [1.807, 2.05) is 161 Å². The Morgan fingerprint density at radius 2 is 0.762 bits per heavy atom. The molecule has 21 rings (SSSR count). The predicted octanol–water partition coefficient (Wildman–Crippen LogP) is 14.3. The summed E-state index contributed by atoms with van der Waals surface area (Å²) >= 11 is 0. The Kier molecular flexibility index (Phi) is 22.6. The minimum atomic E-state index is -0.553. The second kappa shape index (κ2) is 33.9. The van der Waals surface area contributed by atoms with E-state index >= 15 is 0 Å². The minimum Gasteiger partial charge on any atom is -0.497 e. The fourth-order valence-corrected chi connectivity index (χ4v) is 18.5. The highest BCUT2D eigenvalue weighted by Gasteiger charge is 2.52. The number of nitrogens with zero attached hydrogens (tertiary/aromatic N) is 12. The van der Waals surface area contributed by atoms with Gasteiger partial charge < -0.3 is 71.5 Å². The van der Waals surface area contributed by atoms with Crippen LogP contribution >= 0.6 is 0 Å². The Hall–Kier alpha value is -12.9. The molecule has 2 unspecified atom stereocenters. The second-order valence-electron chi connectivity index (χ2n) is 33.9. The lowest BCUT2D eigenvalue weighted by atomic mass is 9.78. The Bertz CT molecular complexity index is 6720. The van der Waals surface area contributed by atoms with E-state index in [9.17, 15) is 19.2 Å². The Balaban J connectivity index is 0.000000115. The van der Waals surface area contributed by atoms with Crippen molar-refractivity contribution in [1.82, 2.24) is 73.6 Å². The SMILES string of the molecule is COc1ccc(Cn2c(=O)c3cnn(C4CCOC4)c3c3ccc(B4OC(C)(C)C(C)(C)O4)cc32)c(OC)c1.COc1ncc(C)c(-c2ccc3c(c2)[nH]c(=O)c2cnn(C4CCOC4)c23)c1C.COc1ncc(C)c(-c2ccc3c(c2)[nH]c(=O)c2cnn([C@@H]4CCOC4)c23)c1C.COc1ncc(C)c(-c2ccc3c(c2)[nH]c(=O)c2cnn([C@H]4CCOC4)c23)c1C. The standard InChI is InChI=1S/C29H34BN3O6.3C22H22N4O3/c1-28(2)29(3,4)39-30(38-28)19-8-10-22-24(13-19)32(16-18-7-9-21(35-5)14-25(18)36-6)27(34)23-15-31-33(26(22)23)20-11-12-37-17-20;3*1-12-9-23-22(28-3)13(2)19(12)14-4-5-16-18(8-14)25-21(27)17-10-24-26(20(16)17)15-6-7-29-11-15/h7-10,13-15,20H,11-12,16-17H2,1-6H3;3*4-5,8-10,15H,6-7,11H2,1-3H3,(H,25,27)/t;2*15-;/m.10./s1. The summed E-state index contributed by atoms with van der Waals surface area (Å²) in [7, 11) is 7.55. The number of aryl methyl sites for hydroxylation is 3. The molecule has 0 spiro atoms. The van der Waals surface area contributed by atoms with Crippen molar-refractivity contribution < 1.29 is 51.9 Å². The molecule has 16 aromatic rings. The lowest BCUT2D eigenvalue weighted by molar-refractivity contribution is 0.00578. The van der Waals surface area contributed by atoms with E-state index < -0.39 is 18.3 Å². The van der Waals surface area contributed by atoms with E-state index in [4.69, 9.17) is 51.9 Å². The largest absolute Gasteiger partial charge is 0.497 e. The van der Waals surface area contributed by atoms with Gasteiger partial charge in [0.25, 0.3) is 22.2 Å². The van der Waals surface area contributed by atoms with Gasteiger partial charge in [0.05, 0.1) is 194 Å². The van der Waals surface area contributed by atoms with Crippen LogP contribution in [-0.4, -0.2) is 180 Å². The summed E-state index contributed by atoms with van der Waals surface area (Å²) in [6.07, 6.45) is 15.6. The van der Waals surface area contributed by atoms with Crippen LogP contribution < -0.4 is 51.4 Å². The third-order valence-electron chi connectivity index (χ3n) is 25.7. The first-order chi connectivity index (χ1) is 60.9. The van der Waals surface area contributed by atoms with E-state index in [0.29, 0.717) is 90.3 Å². The molecule has 5 aliphatic heterocycles. The second-order valence-corrected chi connectivity index (χ2v) is 33.9. The summed E-state index contributed by atoms with van der Waals surface area (Å²) in [5, 5.41) is 24.5. The molecule has 4 atom stereocenters. The summed E-state index contributed by atoms with van der Waals surface area (Å²) in [6.45, 7) is 25.8. The van der Waals surface area contributed by atoms with Gasteiger partial charge >= 0.3 is 7.12 Å².